The van der Waals surface area contributed by atoms with Gasteiger partial charge in [0.1, 0.15) is 10.1 Å². The lowest BCUT2D eigenvalue weighted by Crippen LogP contribution is -2.12. The standard InChI is InChI=1S/C15H10BrN5O2S/c16-13-8-17-15-14(20-13)12(10-6-18-19-7-10)9-21(15)24(22,23)11-4-2-1-3-5-11/h1-9H,(H,18,19). The SMILES string of the molecule is O=S(=O)(c1ccccc1)n1cc(-c2cn[nH]c2)c2nc(Br)cnc21. The molecule has 0 saturated carbocycles. The molecule has 0 spiro atoms. The summed E-state index contributed by atoms with van der Waals surface area (Å²) >= 11 is 3.28. The monoisotopic (exact) mass is 403 g/mol. The molecule has 0 aliphatic carbocycles. The Labute approximate surface area is 145 Å². The predicted octanol–water partition coefficient (Wildman–Crippen LogP) is 2.82. The highest BCUT2D eigenvalue weighted by atomic mass is 79.9. The van der Waals surface area contributed by atoms with Gasteiger partial charge in [0.2, 0.25) is 0 Å². The third-order valence-electron chi connectivity index (χ3n) is 3.54. The van der Waals surface area contributed by atoms with E-state index in [1.807, 2.05) is 0 Å². The van der Waals surface area contributed by atoms with E-state index in [1.165, 1.54) is 12.4 Å². The van der Waals surface area contributed by atoms with E-state index in [-0.39, 0.29) is 10.5 Å². The number of aromatic amines is 1. The summed E-state index contributed by atoms with van der Waals surface area (Å²) in [6.45, 7) is 0. The first-order valence-electron chi connectivity index (χ1n) is 6.91. The van der Waals surface area contributed by atoms with Crippen LogP contribution in [0.15, 0.2) is 64.6 Å². The van der Waals surface area contributed by atoms with Gasteiger partial charge >= 0.3 is 0 Å². The molecule has 9 heteroatoms. The van der Waals surface area contributed by atoms with Crippen LogP contribution >= 0.6 is 15.9 Å². The Morgan fingerprint density at radius 3 is 2.62 bits per heavy atom. The van der Waals surface area contributed by atoms with Crippen molar-refractivity contribution >= 4 is 37.1 Å². The number of hydrogen-bond acceptors (Lipinski definition) is 5. The van der Waals surface area contributed by atoms with Gasteiger partial charge in [-0.2, -0.15) is 5.10 Å². The van der Waals surface area contributed by atoms with Crippen LogP contribution in [0.3, 0.4) is 0 Å². The van der Waals surface area contributed by atoms with Crippen LogP contribution in [0, 0.1) is 0 Å². The van der Waals surface area contributed by atoms with Crippen molar-refractivity contribution in [2.24, 2.45) is 0 Å². The number of nitrogens with zero attached hydrogens (tertiary/aromatic N) is 4. The first-order chi connectivity index (χ1) is 11.6. The van der Waals surface area contributed by atoms with Crippen molar-refractivity contribution in [3.8, 4) is 11.1 Å². The van der Waals surface area contributed by atoms with Crippen LogP contribution in [0.2, 0.25) is 0 Å². The third kappa shape index (κ3) is 2.33. The van der Waals surface area contributed by atoms with Gasteiger partial charge in [-0.3, -0.25) is 5.10 Å². The van der Waals surface area contributed by atoms with E-state index in [9.17, 15) is 8.42 Å². The number of hydrogen-bond donors (Lipinski definition) is 1. The fourth-order valence-corrected chi connectivity index (χ4v) is 4.05. The Bertz CT molecular complexity index is 1120. The smallest absolute Gasteiger partial charge is 0.269 e. The molecule has 4 rings (SSSR count). The summed E-state index contributed by atoms with van der Waals surface area (Å²) in [4.78, 5) is 8.82. The van der Waals surface area contributed by atoms with Crippen molar-refractivity contribution in [1.29, 1.82) is 0 Å². The second-order valence-electron chi connectivity index (χ2n) is 5.01. The van der Waals surface area contributed by atoms with Gasteiger partial charge in [0.05, 0.1) is 17.3 Å². The molecule has 24 heavy (non-hydrogen) atoms. The van der Waals surface area contributed by atoms with Crippen LogP contribution in [0.25, 0.3) is 22.3 Å². The molecular formula is C15H10BrN5O2S. The Morgan fingerprint density at radius 2 is 1.92 bits per heavy atom. The molecule has 0 atom stereocenters. The van der Waals surface area contributed by atoms with Crippen LogP contribution in [-0.4, -0.2) is 32.6 Å². The molecule has 120 valence electrons. The van der Waals surface area contributed by atoms with E-state index in [4.69, 9.17) is 0 Å². The zero-order chi connectivity index (χ0) is 16.7. The molecule has 0 saturated heterocycles. The summed E-state index contributed by atoms with van der Waals surface area (Å²) in [5.41, 5.74) is 2.10. The Balaban J connectivity index is 2.04. The number of benzene rings is 1. The number of H-pyrrole nitrogens is 1. The maximum absolute atomic E-state index is 13.0. The Hall–Kier alpha value is -2.52. The van der Waals surface area contributed by atoms with E-state index in [2.05, 4.69) is 36.1 Å². The van der Waals surface area contributed by atoms with Crippen LogP contribution < -0.4 is 0 Å². The molecule has 0 amide bonds. The van der Waals surface area contributed by atoms with Gasteiger partial charge in [-0.1, -0.05) is 18.2 Å². The van der Waals surface area contributed by atoms with Crippen LogP contribution in [0.1, 0.15) is 0 Å². The molecule has 0 aliphatic rings. The van der Waals surface area contributed by atoms with Gasteiger partial charge in [-0.05, 0) is 28.1 Å². The second kappa shape index (κ2) is 5.53. The summed E-state index contributed by atoms with van der Waals surface area (Å²) in [6, 6.07) is 8.21. The lowest BCUT2D eigenvalue weighted by Gasteiger charge is -2.06. The molecule has 7 nitrogen and oxygen atoms in total. The molecule has 0 radical (unpaired) electrons. The largest absolute Gasteiger partial charge is 0.285 e. The van der Waals surface area contributed by atoms with E-state index in [1.54, 1.807) is 42.7 Å². The van der Waals surface area contributed by atoms with Crippen LogP contribution in [0.5, 0.6) is 0 Å². The number of halogens is 1. The summed E-state index contributed by atoms with van der Waals surface area (Å²) in [6.07, 6.45) is 6.27. The fraction of sp³-hybridized carbons (Fsp3) is 0. The quantitative estimate of drug-likeness (QED) is 0.567. The maximum atomic E-state index is 13.0. The maximum Gasteiger partial charge on any atom is 0.269 e. The molecule has 4 aromatic rings. The van der Waals surface area contributed by atoms with Gasteiger partial charge in [-0.15, -0.1) is 0 Å². The van der Waals surface area contributed by atoms with Gasteiger partial charge in [0, 0.05) is 23.5 Å². The van der Waals surface area contributed by atoms with Crippen molar-refractivity contribution in [2.45, 2.75) is 4.90 Å². The molecule has 1 N–H and O–H groups in total. The minimum atomic E-state index is -3.78. The zero-order valence-corrected chi connectivity index (χ0v) is 14.5. The van der Waals surface area contributed by atoms with Crippen molar-refractivity contribution in [1.82, 2.24) is 24.1 Å². The molecule has 0 bridgehead atoms. The van der Waals surface area contributed by atoms with E-state index in [0.717, 1.165) is 9.54 Å². The highest BCUT2D eigenvalue weighted by Gasteiger charge is 2.23. The minimum absolute atomic E-state index is 0.186. The van der Waals surface area contributed by atoms with Crippen molar-refractivity contribution in [3.63, 3.8) is 0 Å². The number of aromatic nitrogens is 5. The highest BCUT2D eigenvalue weighted by Crippen LogP contribution is 2.31. The van der Waals surface area contributed by atoms with Crippen molar-refractivity contribution in [3.05, 3.63) is 59.7 Å². The summed E-state index contributed by atoms with van der Waals surface area (Å²) in [5, 5.41) is 6.63. The summed E-state index contributed by atoms with van der Waals surface area (Å²) < 4.78 is 27.6. The van der Waals surface area contributed by atoms with Crippen LogP contribution in [0.4, 0.5) is 0 Å². The van der Waals surface area contributed by atoms with Gasteiger partial charge in [0.15, 0.2) is 5.65 Å². The average Bonchev–Trinajstić information content (AvgIpc) is 3.22. The number of fused-ring (bicyclic) bond motifs is 1. The summed E-state index contributed by atoms with van der Waals surface area (Å²) in [7, 11) is -3.78. The third-order valence-corrected chi connectivity index (χ3v) is 5.59. The van der Waals surface area contributed by atoms with E-state index >= 15 is 0 Å². The van der Waals surface area contributed by atoms with E-state index < -0.39 is 10.0 Å². The minimum Gasteiger partial charge on any atom is -0.285 e. The number of nitrogens with one attached hydrogen (secondary N) is 1. The molecule has 0 fully saturated rings. The topological polar surface area (TPSA) is 93.5 Å². The lowest BCUT2D eigenvalue weighted by atomic mass is 10.2. The van der Waals surface area contributed by atoms with Crippen LogP contribution in [-0.2, 0) is 10.0 Å². The molecule has 0 aliphatic heterocycles. The highest BCUT2D eigenvalue weighted by molar-refractivity contribution is 9.10. The molecule has 1 aromatic carbocycles. The fourth-order valence-electron chi connectivity index (χ4n) is 2.44. The van der Waals surface area contributed by atoms with Gasteiger partial charge in [0.25, 0.3) is 10.0 Å². The zero-order valence-electron chi connectivity index (χ0n) is 12.1. The molecular weight excluding hydrogens is 394 g/mol. The first kappa shape index (κ1) is 15.0. The normalized spacial score (nSPS) is 11.9. The van der Waals surface area contributed by atoms with E-state index in [0.29, 0.717) is 15.7 Å². The molecule has 3 aromatic heterocycles. The van der Waals surface area contributed by atoms with Gasteiger partial charge < -0.3 is 0 Å². The van der Waals surface area contributed by atoms with Crippen molar-refractivity contribution < 1.29 is 8.42 Å². The van der Waals surface area contributed by atoms with Crippen molar-refractivity contribution in [2.75, 3.05) is 0 Å². The molecule has 3 heterocycles. The first-order valence-corrected chi connectivity index (χ1v) is 9.14. The average molecular weight is 404 g/mol. The molecule has 0 unspecified atom stereocenters. The van der Waals surface area contributed by atoms with Gasteiger partial charge in [-0.25, -0.2) is 22.4 Å². The Morgan fingerprint density at radius 1 is 1.12 bits per heavy atom. The second-order valence-corrected chi connectivity index (χ2v) is 7.64. The summed E-state index contributed by atoms with van der Waals surface area (Å²) in [5.74, 6) is 0. The lowest BCUT2D eigenvalue weighted by molar-refractivity contribution is 0.589. The predicted molar refractivity (Wildman–Crippen MR) is 91.8 cm³/mol. The Kier molecular flexibility index (Phi) is 3.47. The number of rotatable bonds is 3.